The molecule has 3 amide bonds. The summed E-state index contributed by atoms with van der Waals surface area (Å²) >= 11 is 0. The Bertz CT molecular complexity index is 778. The molecule has 7 heteroatoms. The molecule has 0 saturated carbocycles. The smallest absolute Gasteiger partial charge is 0.319 e. The van der Waals surface area contributed by atoms with Gasteiger partial charge in [0.25, 0.3) is 0 Å². The van der Waals surface area contributed by atoms with E-state index in [0.717, 1.165) is 11.3 Å². The third-order valence-electron chi connectivity index (χ3n) is 4.47. The van der Waals surface area contributed by atoms with Gasteiger partial charge in [-0.25, -0.2) is 4.79 Å². The first kappa shape index (κ1) is 22.2. The molecule has 0 spiro atoms. The van der Waals surface area contributed by atoms with Crippen molar-refractivity contribution >= 4 is 17.6 Å². The molecule has 0 aliphatic heterocycles. The molecular weight excluding hydrogens is 370 g/mol. The molecule has 0 aliphatic rings. The zero-order valence-electron chi connectivity index (χ0n) is 17.1. The molecule has 0 fully saturated rings. The molecule has 0 radical (unpaired) electrons. The maximum Gasteiger partial charge on any atom is 0.319 e. The normalized spacial score (nSPS) is 11.6. The molecule has 3 N–H and O–H groups in total. The van der Waals surface area contributed by atoms with E-state index in [9.17, 15) is 14.7 Å². The number of ether oxygens (including phenoxy) is 1. The topological polar surface area (TPSA) is 90.9 Å². The molecule has 0 saturated heterocycles. The maximum atomic E-state index is 13.1. The van der Waals surface area contributed by atoms with Crippen molar-refractivity contribution < 1.29 is 19.4 Å². The fourth-order valence-electron chi connectivity index (χ4n) is 2.88. The number of nitrogens with zero attached hydrogens (tertiary/aromatic N) is 1. The number of hydrogen-bond acceptors (Lipinski definition) is 4. The van der Waals surface area contributed by atoms with E-state index >= 15 is 0 Å². The number of carbonyl (C=O) groups excluding carboxylic acids is 2. The van der Waals surface area contributed by atoms with Crippen LogP contribution in [-0.4, -0.2) is 48.2 Å². The van der Waals surface area contributed by atoms with Crippen LogP contribution in [0.3, 0.4) is 0 Å². The molecule has 0 heterocycles. The van der Waals surface area contributed by atoms with Crippen LogP contribution in [0.15, 0.2) is 54.6 Å². The molecular formula is C22H29N3O4. The Labute approximate surface area is 171 Å². The largest absolute Gasteiger partial charge is 0.497 e. The Kier molecular flexibility index (Phi) is 8.48. The highest BCUT2D eigenvalue weighted by Gasteiger charge is 2.28. The van der Waals surface area contributed by atoms with Crippen LogP contribution in [0.2, 0.25) is 0 Å². The lowest BCUT2D eigenvalue weighted by molar-refractivity contribution is -0.135. The van der Waals surface area contributed by atoms with Crippen molar-refractivity contribution in [2.75, 3.05) is 25.6 Å². The Morgan fingerprint density at radius 3 is 2.28 bits per heavy atom. The summed E-state index contributed by atoms with van der Waals surface area (Å²) in [6, 6.07) is 15.3. The lowest BCUT2D eigenvalue weighted by atomic mass is 10.0. The number of aliphatic hydroxyl groups excluding tert-OH is 1. The van der Waals surface area contributed by atoms with Crippen molar-refractivity contribution in [3.63, 3.8) is 0 Å². The summed E-state index contributed by atoms with van der Waals surface area (Å²) < 4.78 is 5.16. The summed E-state index contributed by atoms with van der Waals surface area (Å²) in [6.45, 7) is 4.08. The summed E-state index contributed by atoms with van der Waals surface area (Å²) in [5.74, 6) is 0.363. The van der Waals surface area contributed by atoms with Crippen LogP contribution in [0.4, 0.5) is 10.5 Å². The number of nitrogens with one attached hydrogen (secondary N) is 2. The second kappa shape index (κ2) is 11.1. The summed E-state index contributed by atoms with van der Waals surface area (Å²) in [7, 11) is 1.59. The van der Waals surface area contributed by atoms with Gasteiger partial charge in [0.2, 0.25) is 5.91 Å². The third-order valence-corrected chi connectivity index (χ3v) is 4.47. The molecule has 2 aromatic carbocycles. The Morgan fingerprint density at radius 1 is 1.07 bits per heavy atom. The summed E-state index contributed by atoms with van der Waals surface area (Å²) in [5.41, 5.74) is 1.55. The van der Waals surface area contributed by atoms with E-state index in [0.29, 0.717) is 12.2 Å². The number of urea groups is 1. The zero-order valence-corrected chi connectivity index (χ0v) is 17.1. The van der Waals surface area contributed by atoms with Crippen LogP contribution in [0.5, 0.6) is 5.75 Å². The first-order chi connectivity index (χ1) is 13.9. The summed E-state index contributed by atoms with van der Waals surface area (Å²) in [5, 5.41) is 14.9. The van der Waals surface area contributed by atoms with E-state index < -0.39 is 12.1 Å². The monoisotopic (exact) mass is 399 g/mol. The van der Waals surface area contributed by atoms with Gasteiger partial charge in [-0.1, -0.05) is 44.2 Å². The van der Waals surface area contributed by atoms with E-state index in [1.165, 1.54) is 0 Å². The Balaban J connectivity index is 2.08. The summed E-state index contributed by atoms with van der Waals surface area (Å²) in [4.78, 5) is 27.1. The highest BCUT2D eigenvalue weighted by molar-refractivity contribution is 5.93. The van der Waals surface area contributed by atoms with Gasteiger partial charge < -0.3 is 25.4 Å². The number of methoxy groups -OCH3 is 1. The highest BCUT2D eigenvalue weighted by atomic mass is 16.5. The van der Waals surface area contributed by atoms with Crippen molar-refractivity contribution in [3.05, 3.63) is 60.2 Å². The molecule has 1 atom stereocenters. The Hall–Kier alpha value is -3.06. The minimum atomic E-state index is -0.719. The average Bonchev–Trinajstić information content (AvgIpc) is 2.72. The molecule has 29 heavy (non-hydrogen) atoms. The average molecular weight is 399 g/mol. The van der Waals surface area contributed by atoms with Crippen LogP contribution in [0.25, 0.3) is 0 Å². The fraction of sp³-hybridized carbons (Fsp3) is 0.364. The molecule has 0 bridgehead atoms. The van der Waals surface area contributed by atoms with Crippen molar-refractivity contribution in [2.24, 2.45) is 5.92 Å². The lowest BCUT2D eigenvalue weighted by Crippen LogP contribution is -2.52. The van der Waals surface area contributed by atoms with Crippen LogP contribution in [0.1, 0.15) is 19.4 Å². The minimum Gasteiger partial charge on any atom is -0.497 e. The second-order valence-corrected chi connectivity index (χ2v) is 7.02. The van der Waals surface area contributed by atoms with E-state index in [2.05, 4.69) is 10.6 Å². The van der Waals surface area contributed by atoms with E-state index in [-0.39, 0.29) is 25.0 Å². The van der Waals surface area contributed by atoms with Crippen molar-refractivity contribution in [2.45, 2.75) is 26.4 Å². The number of rotatable bonds is 9. The predicted molar refractivity (Wildman–Crippen MR) is 113 cm³/mol. The number of anilines is 1. The number of aliphatic hydroxyl groups is 1. The van der Waals surface area contributed by atoms with Crippen LogP contribution < -0.4 is 15.4 Å². The number of amides is 3. The highest BCUT2D eigenvalue weighted by Crippen LogP contribution is 2.15. The van der Waals surface area contributed by atoms with Gasteiger partial charge in [-0.3, -0.25) is 4.79 Å². The van der Waals surface area contributed by atoms with Gasteiger partial charge in [0, 0.05) is 18.8 Å². The van der Waals surface area contributed by atoms with Gasteiger partial charge in [0.15, 0.2) is 0 Å². The van der Waals surface area contributed by atoms with Gasteiger partial charge in [0.1, 0.15) is 11.8 Å². The van der Waals surface area contributed by atoms with Crippen LogP contribution in [-0.2, 0) is 11.3 Å². The lowest BCUT2D eigenvalue weighted by Gasteiger charge is -2.29. The molecule has 0 aliphatic carbocycles. The number of para-hydroxylation sites is 1. The molecule has 0 aromatic heterocycles. The van der Waals surface area contributed by atoms with Gasteiger partial charge in [-0.2, -0.15) is 0 Å². The van der Waals surface area contributed by atoms with Gasteiger partial charge in [-0.15, -0.1) is 0 Å². The van der Waals surface area contributed by atoms with E-state index in [1.54, 1.807) is 24.1 Å². The van der Waals surface area contributed by atoms with Crippen molar-refractivity contribution in [3.8, 4) is 5.75 Å². The summed E-state index contributed by atoms with van der Waals surface area (Å²) in [6.07, 6.45) is 0. The van der Waals surface area contributed by atoms with Crippen LogP contribution >= 0.6 is 0 Å². The van der Waals surface area contributed by atoms with Crippen molar-refractivity contribution in [1.82, 2.24) is 10.2 Å². The molecule has 2 rings (SSSR count). The predicted octanol–water partition coefficient (Wildman–Crippen LogP) is 2.86. The fourth-order valence-corrected chi connectivity index (χ4v) is 2.88. The maximum absolute atomic E-state index is 13.1. The molecule has 2 aromatic rings. The first-order valence-electron chi connectivity index (χ1n) is 9.59. The van der Waals surface area contributed by atoms with Gasteiger partial charge in [-0.05, 0) is 35.7 Å². The molecule has 156 valence electrons. The number of carbonyl (C=O) groups is 2. The molecule has 1 unspecified atom stereocenters. The van der Waals surface area contributed by atoms with Gasteiger partial charge >= 0.3 is 6.03 Å². The second-order valence-electron chi connectivity index (χ2n) is 7.02. The van der Waals surface area contributed by atoms with Crippen LogP contribution in [0, 0.1) is 5.92 Å². The Morgan fingerprint density at radius 2 is 1.72 bits per heavy atom. The number of hydrogen-bond donors (Lipinski definition) is 3. The van der Waals surface area contributed by atoms with E-state index in [1.807, 2.05) is 56.3 Å². The zero-order chi connectivity index (χ0) is 21.2. The third kappa shape index (κ3) is 6.80. The quantitative estimate of drug-likeness (QED) is 0.605. The van der Waals surface area contributed by atoms with Crippen molar-refractivity contribution in [1.29, 1.82) is 0 Å². The standard InChI is InChI=1S/C22H29N3O4/c1-16(2)20(24-22(28)23-18-7-5-4-6-8-18)21(27)25(13-14-26)15-17-9-11-19(29-3)12-10-17/h4-12,16,20,26H,13-15H2,1-3H3,(H2,23,24,28). The van der Waals surface area contributed by atoms with Gasteiger partial charge in [0.05, 0.1) is 13.7 Å². The molecule has 7 nitrogen and oxygen atoms in total. The SMILES string of the molecule is COc1ccc(CN(CCO)C(=O)C(NC(=O)Nc2ccccc2)C(C)C)cc1. The number of benzene rings is 2. The minimum absolute atomic E-state index is 0.124. The van der Waals surface area contributed by atoms with E-state index in [4.69, 9.17) is 4.74 Å². The first-order valence-corrected chi connectivity index (χ1v) is 9.59.